The second-order valence-electron chi connectivity index (χ2n) is 6.66. The molecule has 2 aliphatic heterocycles. The van der Waals surface area contributed by atoms with Crippen LogP contribution < -0.4 is 11.1 Å². The molecule has 0 spiro atoms. The molecule has 5 heteroatoms. The van der Waals surface area contributed by atoms with Gasteiger partial charge in [-0.3, -0.25) is 9.69 Å². The number of nitrogens with one attached hydrogen (secondary N) is 1. The number of likely N-dealkylation sites (tertiary alicyclic amines) is 1. The molecular weight excluding hydrogens is 306 g/mol. The molecular formula is C18H27N3OS. The average Bonchev–Trinajstić information content (AvgIpc) is 2.58. The Labute approximate surface area is 143 Å². The Balaban J connectivity index is 1.64. The molecule has 126 valence electrons. The van der Waals surface area contributed by atoms with Crippen molar-refractivity contribution in [3.8, 4) is 0 Å². The zero-order valence-corrected chi connectivity index (χ0v) is 14.5. The molecule has 23 heavy (non-hydrogen) atoms. The number of primary amides is 1. The highest BCUT2D eigenvalue weighted by molar-refractivity contribution is 7.99. The second-order valence-corrected chi connectivity index (χ2v) is 7.89. The Kier molecular flexibility index (Phi) is 5.84. The van der Waals surface area contributed by atoms with Crippen LogP contribution in [0.3, 0.4) is 0 Å². The fourth-order valence-electron chi connectivity index (χ4n) is 3.53. The standard InChI is InChI=1S/C18H27N3OS/c19-18(22)15-5-3-9-21(13-15)12-14-4-1-2-6-17(14)20-16-7-10-23-11-8-16/h1-2,4,6,15-16,20H,3,5,7-13H2,(H2,19,22)/t15-/m1/s1. The van der Waals surface area contributed by atoms with E-state index in [1.807, 2.05) is 0 Å². The minimum Gasteiger partial charge on any atom is -0.382 e. The Morgan fingerprint density at radius 3 is 2.83 bits per heavy atom. The van der Waals surface area contributed by atoms with E-state index in [1.165, 1.54) is 35.6 Å². The minimum atomic E-state index is -0.152. The van der Waals surface area contributed by atoms with Crippen LogP contribution in [0.1, 0.15) is 31.2 Å². The van der Waals surface area contributed by atoms with Gasteiger partial charge in [-0.15, -0.1) is 0 Å². The van der Waals surface area contributed by atoms with Crippen LogP contribution >= 0.6 is 11.8 Å². The number of thioether (sulfide) groups is 1. The minimum absolute atomic E-state index is 0.0132. The summed E-state index contributed by atoms with van der Waals surface area (Å²) in [6.45, 7) is 2.75. The summed E-state index contributed by atoms with van der Waals surface area (Å²) in [4.78, 5) is 13.8. The molecule has 1 atom stereocenters. The van der Waals surface area contributed by atoms with Crippen LogP contribution in [-0.2, 0) is 11.3 Å². The van der Waals surface area contributed by atoms with Crippen LogP contribution in [0.5, 0.6) is 0 Å². The van der Waals surface area contributed by atoms with Crippen LogP contribution in [0, 0.1) is 5.92 Å². The molecule has 0 aliphatic carbocycles. The number of anilines is 1. The van der Waals surface area contributed by atoms with Crippen molar-refractivity contribution in [3.05, 3.63) is 29.8 Å². The third-order valence-corrected chi connectivity index (χ3v) is 5.95. The summed E-state index contributed by atoms with van der Waals surface area (Å²) in [7, 11) is 0. The predicted octanol–water partition coefficient (Wildman–Crippen LogP) is 2.69. The lowest BCUT2D eigenvalue weighted by Crippen LogP contribution is -2.40. The van der Waals surface area contributed by atoms with Crippen molar-refractivity contribution < 1.29 is 4.79 Å². The van der Waals surface area contributed by atoms with Crippen molar-refractivity contribution in [1.29, 1.82) is 0 Å². The predicted molar refractivity (Wildman–Crippen MR) is 97.6 cm³/mol. The SMILES string of the molecule is NC(=O)[C@@H]1CCCN(Cc2ccccc2NC2CCSCC2)C1. The van der Waals surface area contributed by atoms with Gasteiger partial charge >= 0.3 is 0 Å². The zero-order valence-electron chi connectivity index (χ0n) is 13.7. The molecule has 1 aromatic carbocycles. The molecule has 2 heterocycles. The highest BCUT2D eigenvalue weighted by Gasteiger charge is 2.24. The number of hydrogen-bond acceptors (Lipinski definition) is 4. The summed E-state index contributed by atoms with van der Waals surface area (Å²) >= 11 is 2.05. The van der Waals surface area contributed by atoms with Crippen molar-refractivity contribution in [2.45, 2.75) is 38.3 Å². The molecule has 0 bridgehead atoms. The van der Waals surface area contributed by atoms with E-state index < -0.39 is 0 Å². The van der Waals surface area contributed by atoms with Gasteiger partial charge in [0.15, 0.2) is 0 Å². The normalized spacial score (nSPS) is 23.6. The van der Waals surface area contributed by atoms with Gasteiger partial charge in [0.25, 0.3) is 0 Å². The van der Waals surface area contributed by atoms with Gasteiger partial charge in [-0.05, 0) is 55.4 Å². The van der Waals surface area contributed by atoms with Crippen LogP contribution in [0.25, 0.3) is 0 Å². The Morgan fingerprint density at radius 1 is 1.26 bits per heavy atom. The van der Waals surface area contributed by atoms with E-state index in [4.69, 9.17) is 5.73 Å². The number of amides is 1. The Morgan fingerprint density at radius 2 is 2.04 bits per heavy atom. The molecule has 2 aliphatic rings. The van der Waals surface area contributed by atoms with Gasteiger partial charge < -0.3 is 11.1 Å². The monoisotopic (exact) mass is 333 g/mol. The van der Waals surface area contributed by atoms with Crippen molar-refractivity contribution in [1.82, 2.24) is 4.90 Å². The van der Waals surface area contributed by atoms with Crippen LogP contribution in [0.15, 0.2) is 24.3 Å². The summed E-state index contributed by atoms with van der Waals surface area (Å²) < 4.78 is 0. The zero-order chi connectivity index (χ0) is 16.1. The number of benzene rings is 1. The third kappa shape index (κ3) is 4.64. The summed E-state index contributed by atoms with van der Waals surface area (Å²) in [5.74, 6) is 2.37. The number of piperidine rings is 1. The first-order chi connectivity index (χ1) is 11.2. The van der Waals surface area contributed by atoms with Crippen LogP contribution in [0.4, 0.5) is 5.69 Å². The Bertz CT molecular complexity index is 531. The van der Waals surface area contributed by atoms with E-state index in [9.17, 15) is 4.79 Å². The van der Waals surface area contributed by atoms with E-state index in [0.29, 0.717) is 6.04 Å². The maximum Gasteiger partial charge on any atom is 0.221 e. The summed E-state index contributed by atoms with van der Waals surface area (Å²) in [5, 5.41) is 3.74. The van der Waals surface area contributed by atoms with Gasteiger partial charge in [0.2, 0.25) is 5.91 Å². The van der Waals surface area contributed by atoms with Crippen molar-refractivity contribution in [2.75, 3.05) is 29.9 Å². The highest BCUT2D eigenvalue weighted by Crippen LogP contribution is 2.25. The maximum atomic E-state index is 11.5. The highest BCUT2D eigenvalue weighted by atomic mass is 32.2. The quantitative estimate of drug-likeness (QED) is 0.870. The number of rotatable bonds is 5. The van der Waals surface area contributed by atoms with E-state index in [1.54, 1.807) is 0 Å². The van der Waals surface area contributed by atoms with E-state index >= 15 is 0 Å². The molecule has 4 nitrogen and oxygen atoms in total. The maximum absolute atomic E-state index is 11.5. The number of nitrogens with two attached hydrogens (primary N) is 1. The van der Waals surface area contributed by atoms with Gasteiger partial charge in [0.05, 0.1) is 5.92 Å². The number of para-hydroxylation sites is 1. The van der Waals surface area contributed by atoms with Gasteiger partial charge in [-0.25, -0.2) is 0 Å². The van der Waals surface area contributed by atoms with Gasteiger partial charge in [-0.1, -0.05) is 18.2 Å². The molecule has 2 saturated heterocycles. The van der Waals surface area contributed by atoms with Crippen molar-refractivity contribution >= 4 is 23.4 Å². The fraction of sp³-hybridized carbons (Fsp3) is 0.611. The molecule has 3 N–H and O–H groups in total. The molecule has 0 radical (unpaired) electrons. The first-order valence-electron chi connectivity index (χ1n) is 8.66. The van der Waals surface area contributed by atoms with Gasteiger partial charge in [0, 0.05) is 24.8 Å². The first-order valence-corrected chi connectivity index (χ1v) is 9.81. The topological polar surface area (TPSA) is 58.4 Å². The van der Waals surface area contributed by atoms with E-state index in [2.05, 4.69) is 46.2 Å². The molecule has 0 aromatic heterocycles. The lowest BCUT2D eigenvalue weighted by atomic mass is 9.97. The summed E-state index contributed by atoms with van der Waals surface area (Å²) in [6.07, 6.45) is 4.48. The smallest absolute Gasteiger partial charge is 0.221 e. The van der Waals surface area contributed by atoms with E-state index in [-0.39, 0.29) is 11.8 Å². The molecule has 2 fully saturated rings. The van der Waals surface area contributed by atoms with Crippen molar-refractivity contribution in [3.63, 3.8) is 0 Å². The second kappa shape index (κ2) is 8.06. The number of hydrogen-bond donors (Lipinski definition) is 2. The van der Waals surface area contributed by atoms with Gasteiger partial charge in [-0.2, -0.15) is 11.8 Å². The Hall–Kier alpha value is -1.20. The third-order valence-electron chi connectivity index (χ3n) is 4.90. The summed E-state index contributed by atoms with van der Waals surface area (Å²) in [6, 6.07) is 9.19. The average molecular weight is 334 g/mol. The lowest BCUT2D eigenvalue weighted by molar-refractivity contribution is -0.123. The number of carbonyl (C=O) groups is 1. The van der Waals surface area contributed by atoms with Crippen molar-refractivity contribution in [2.24, 2.45) is 11.7 Å². The lowest BCUT2D eigenvalue weighted by Gasteiger charge is -2.32. The summed E-state index contributed by atoms with van der Waals surface area (Å²) in [5.41, 5.74) is 8.08. The first kappa shape index (κ1) is 16.7. The van der Waals surface area contributed by atoms with Crippen LogP contribution in [0.2, 0.25) is 0 Å². The van der Waals surface area contributed by atoms with E-state index in [0.717, 1.165) is 32.5 Å². The molecule has 0 unspecified atom stereocenters. The molecule has 0 saturated carbocycles. The fourth-order valence-corrected chi connectivity index (χ4v) is 4.64. The molecule has 1 aromatic rings. The van der Waals surface area contributed by atoms with Crippen LogP contribution in [-0.4, -0.2) is 41.4 Å². The number of carbonyl (C=O) groups excluding carboxylic acids is 1. The number of nitrogens with zero attached hydrogens (tertiary/aromatic N) is 1. The van der Waals surface area contributed by atoms with Gasteiger partial charge in [0.1, 0.15) is 0 Å². The largest absolute Gasteiger partial charge is 0.382 e. The molecule has 1 amide bonds. The molecule has 3 rings (SSSR count).